The minimum absolute atomic E-state index is 0.0282. The van der Waals surface area contributed by atoms with Crippen molar-refractivity contribution in [3.8, 4) is 0 Å². The van der Waals surface area contributed by atoms with E-state index in [-0.39, 0.29) is 17.4 Å². The number of aromatic amines is 1. The van der Waals surface area contributed by atoms with E-state index in [1.165, 1.54) is 6.07 Å². The summed E-state index contributed by atoms with van der Waals surface area (Å²) in [4.78, 5) is 15.7. The molecule has 0 fully saturated rings. The summed E-state index contributed by atoms with van der Waals surface area (Å²) in [5.74, 6) is -0.659. The Morgan fingerprint density at radius 1 is 1.36 bits per heavy atom. The van der Waals surface area contributed by atoms with Crippen LogP contribution in [0.5, 0.6) is 0 Å². The van der Waals surface area contributed by atoms with E-state index in [0.29, 0.717) is 17.0 Å². The first-order chi connectivity index (χ1) is 12.1. The molecule has 1 aliphatic rings. The maximum atomic E-state index is 13.8. The molecule has 1 aromatic carbocycles. The fraction of sp³-hybridized carbons (Fsp3) is 0.267. The van der Waals surface area contributed by atoms with E-state index in [0.717, 1.165) is 18.4 Å². The summed E-state index contributed by atoms with van der Waals surface area (Å²) in [6.07, 6.45) is 1.24. The molecule has 0 saturated carbocycles. The second-order valence-electron chi connectivity index (χ2n) is 5.53. The summed E-state index contributed by atoms with van der Waals surface area (Å²) in [5, 5.41) is 6.39. The first-order valence-electron chi connectivity index (χ1n) is 7.68. The molecule has 130 valence electrons. The average Bonchev–Trinajstić information content (AvgIpc) is 3.20. The second-order valence-corrected chi connectivity index (χ2v) is 5.89. The Bertz CT molecular complexity index is 978. The van der Waals surface area contributed by atoms with Crippen LogP contribution >= 0.6 is 11.6 Å². The maximum Gasteiger partial charge on any atom is 0.198 e. The van der Waals surface area contributed by atoms with E-state index in [4.69, 9.17) is 11.6 Å². The number of imidazole rings is 2. The molecule has 3 heterocycles. The lowest BCUT2D eigenvalue weighted by Crippen LogP contribution is -2.27. The lowest BCUT2D eigenvalue weighted by molar-refractivity contribution is 0.514. The van der Waals surface area contributed by atoms with Crippen LogP contribution in [-0.2, 0) is 13.1 Å². The van der Waals surface area contributed by atoms with Crippen LogP contribution in [0.3, 0.4) is 0 Å². The van der Waals surface area contributed by atoms with Crippen molar-refractivity contribution in [3.05, 3.63) is 41.6 Å². The summed E-state index contributed by atoms with van der Waals surface area (Å²) >= 11 is 6.05. The third-order valence-corrected chi connectivity index (χ3v) is 4.18. The molecule has 3 aromatic rings. The largest absolute Gasteiger partial charge is 0.341 e. The van der Waals surface area contributed by atoms with E-state index in [1.807, 2.05) is 11.5 Å². The number of nitrogens with zero attached hydrogens (tertiary/aromatic N) is 4. The van der Waals surface area contributed by atoms with Gasteiger partial charge in [-0.3, -0.25) is 5.32 Å². The van der Waals surface area contributed by atoms with Gasteiger partial charge in [0.05, 0.1) is 18.4 Å². The van der Waals surface area contributed by atoms with Crippen LogP contribution in [0.2, 0.25) is 0 Å². The molecular formula is C15H14ClF2N7. The van der Waals surface area contributed by atoms with Gasteiger partial charge < -0.3 is 14.9 Å². The Kier molecular flexibility index (Phi) is 3.89. The van der Waals surface area contributed by atoms with Crippen molar-refractivity contribution in [2.45, 2.75) is 26.2 Å². The van der Waals surface area contributed by atoms with E-state index in [1.54, 1.807) is 6.33 Å². The number of fused-ring (bicyclic) bond motifs is 2. The number of hydrogen-bond acceptors (Lipinski definition) is 5. The molecule has 0 amide bonds. The normalized spacial score (nSPS) is 16.6. The van der Waals surface area contributed by atoms with Gasteiger partial charge in [-0.15, -0.1) is 0 Å². The van der Waals surface area contributed by atoms with Gasteiger partial charge in [0, 0.05) is 6.54 Å². The van der Waals surface area contributed by atoms with Gasteiger partial charge >= 0.3 is 0 Å². The minimum atomic E-state index is -0.966. The van der Waals surface area contributed by atoms with Crippen molar-refractivity contribution in [1.29, 1.82) is 0 Å². The molecule has 4 rings (SSSR count). The number of rotatable bonds is 4. The molecule has 10 heteroatoms. The fourth-order valence-electron chi connectivity index (χ4n) is 2.77. The van der Waals surface area contributed by atoms with Crippen molar-refractivity contribution >= 4 is 33.7 Å². The van der Waals surface area contributed by atoms with Crippen molar-refractivity contribution in [3.63, 3.8) is 0 Å². The van der Waals surface area contributed by atoms with E-state index < -0.39 is 17.8 Å². The van der Waals surface area contributed by atoms with Gasteiger partial charge in [0.1, 0.15) is 29.0 Å². The summed E-state index contributed by atoms with van der Waals surface area (Å²) in [5.41, 5.74) is 1.11. The highest BCUT2D eigenvalue weighted by Crippen LogP contribution is 2.28. The zero-order valence-corrected chi connectivity index (χ0v) is 13.9. The molecule has 0 radical (unpaired) electrons. The Labute approximate surface area is 146 Å². The van der Waals surface area contributed by atoms with Crippen molar-refractivity contribution < 1.29 is 8.78 Å². The number of halogens is 3. The number of amidine groups is 1. The standard InChI is InChI=1S/C15H14ClF2N7/c1-2-25-6-20-12-13(23-15(16)24-14(12)25)19-5-9-21-8-4-3-7(17)10(18)11(8)22-9/h3-4,6,13,19H,2,5H2,1H3,(H,21,22)(H,23,24). The number of hydrogen-bond donors (Lipinski definition) is 3. The predicted molar refractivity (Wildman–Crippen MR) is 90.4 cm³/mol. The number of aromatic nitrogens is 4. The number of anilines is 1. The van der Waals surface area contributed by atoms with Gasteiger partial charge in [0.15, 0.2) is 16.9 Å². The highest BCUT2D eigenvalue weighted by molar-refractivity contribution is 6.67. The van der Waals surface area contributed by atoms with Crippen LogP contribution in [0, 0.1) is 11.6 Å². The Morgan fingerprint density at radius 3 is 3.00 bits per heavy atom. The molecule has 1 unspecified atom stereocenters. The van der Waals surface area contributed by atoms with Crippen molar-refractivity contribution in [1.82, 2.24) is 24.8 Å². The van der Waals surface area contributed by atoms with Crippen LogP contribution in [-0.4, -0.2) is 24.8 Å². The molecule has 2 aromatic heterocycles. The Morgan fingerprint density at radius 2 is 2.20 bits per heavy atom. The molecule has 1 aliphatic heterocycles. The molecule has 1 atom stereocenters. The third kappa shape index (κ3) is 2.75. The average molecular weight is 366 g/mol. The van der Waals surface area contributed by atoms with Crippen LogP contribution < -0.4 is 10.6 Å². The number of aryl methyl sites for hydroxylation is 1. The number of H-pyrrole nitrogens is 1. The summed E-state index contributed by atoms with van der Waals surface area (Å²) in [6.45, 7) is 2.99. The Balaban J connectivity index is 1.58. The van der Waals surface area contributed by atoms with E-state index in [2.05, 4.69) is 30.6 Å². The first kappa shape index (κ1) is 16.0. The van der Waals surface area contributed by atoms with Gasteiger partial charge in [-0.25, -0.2) is 23.7 Å². The predicted octanol–water partition coefficient (Wildman–Crippen LogP) is 2.87. The zero-order chi connectivity index (χ0) is 17.6. The lowest BCUT2D eigenvalue weighted by atomic mass is 10.3. The monoisotopic (exact) mass is 365 g/mol. The lowest BCUT2D eigenvalue weighted by Gasteiger charge is -2.20. The van der Waals surface area contributed by atoms with Crippen LogP contribution in [0.1, 0.15) is 24.6 Å². The fourth-order valence-corrected chi connectivity index (χ4v) is 2.95. The third-order valence-electron chi connectivity index (χ3n) is 3.99. The van der Waals surface area contributed by atoms with Crippen LogP contribution in [0.4, 0.5) is 14.6 Å². The summed E-state index contributed by atoms with van der Waals surface area (Å²) in [6, 6.07) is 2.51. The number of aliphatic imine (C=N–C) groups is 1. The van der Waals surface area contributed by atoms with Gasteiger partial charge in [0.2, 0.25) is 0 Å². The molecule has 0 aliphatic carbocycles. The first-order valence-corrected chi connectivity index (χ1v) is 8.06. The summed E-state index contributed by atoms with van der Waals surface area (Å²) in [7, 11) is 0. The van der Waals surface area contributed by atoms with Gasteiger partial charge in [-0.2, -0.15) is 0 Å². The van der Waals surface area contributed by atoms with Crippen LogP contribution in [0.15, 0.2) is 23.5 Å². The molecule has 7 nitrogen and oxygen atoms in total. The molecule has 0 spiro atoms. The molecule has 0 saturated heterocycles. The minimum Gasteiger partial charge on any atom is -0.341 e. The number of nitrogens with one attached hydrogen (secondary N) is 3. The quantitative estimate of drug-likeness (QED) is 0.621. The zero-order valence-electron chi connectivity index (χ0n) is 13.1. The van der Waals surface area contributed by atoms with E-state index in [9.17, 15) is 8.78 Å². The Hall–Kier alpha value is -2.52. The van der Waals surface area contributed by atoms with Gasteiger partial charge in [-0.1, -0.05) is 0 Å². The highest BCUT2D eigenvalue weighted by atomic mass is 35.5. The second kappa shape index (κ2) is 6.08. The molecule has 3 N–H and O–H groups in total. The summed E-state index contributed by atoms with van der Waals surface area (Å²) < 4.78 is 29.0. The topological polar surface area (TPSA) is 82.9 Å². The SMILES string of the molecule is CCn1cnc2c1NC(Cl)=NC2NCc1nc2c(F)c(F)ccc2[nH]1. The molecule has 25 heavy (non-hydrogen) atoms. The smallest absolute Gasteiger partial charge is 0.198 e. The van der Waals surface area contributed by atoms with Gasteiger partial charge in [-0.05, 0) is 30.7 Å². The van der Waals surface area contributed by atoms with Crippen molar-refractivity contribution in [2.24, 2.45) is 4.99 Å². The molecular weight excluding hydrogens is 352 g/mol. The van der Waals surface area contributed by atoms with Crippen molar-refractivity contribution in [2.75, 3.05) is 5.32 Å². The van der Waals surface area contributed by atoms with E-state index >= 15 is 0 Å². The highest BCUT2D eigenvalue weighted by Gasteiger charge is 2.25. The maximum absolute atomic E-state index is 13.8. The van der Waals surface area contributed by atoms with Gasteiger partial charge in [0.25, 0.3) is 0 Å². The number of benzene rings is 1. The molecule has 0 bridgehead atoms. The van der Waals surface area contributed by atoms with Crippen LogP contribution in [0.25, 0.3) is 11.0 Å².